The molecule has 2 atom stereocenters. The molecule has 52 heavy (non-hydrogen) atoms. The molecule has 0 amide bonds. The second-order valence-corrected chi connectivity index (χ2v) is 13.9. The van der Waals surface area contributed by atoms with Gasteiger partial charge in [0.25, 0.3) is 0 Å². The third-order valence-corrected chi connectivity index (χ3v) is 10.3. The van der Waals surface area contributed by atoms with Crippen molar-refractivity contribution in [2.24, 2.45) is 5.92 Å². The van der Waals surface area contributed by atoms with Crippen molar-refractivity contribution in [2.75, 3.05) is 36.8 Å². The molecule has 6 aromatic rings. The Morgan fingerprint density at radius 3 is 2.12 bits per heavy atom. The zero-order valence-corrected chi connectivity index (χ0v) is 29.3. The third-order valence-electron chi connectivity index (χ3n) is 10.3. The first-order chi connectivity index (χ1) is 25.3. The Hall–Kier alpha value is -5.56. The number of carboxylic acids is 1. The van der Waals surface area contributed by atoms with Gasteiger partial charge in [-0.05, 0) is 91.4 Å². The maximum absolute atomic E-state index is 11.4. The van der Waals surface area contributed by atoms with Crippen LogP contribution in [0.1, 0.15) is 35.2 Å². The highest BCUT2D eigenvalue weighted by Gasteiger charge is 2.28. The Morgan fingerprint density at radius 1 is 0.788 bits per heavy atom. The molecule has 264 valence electrons. The molecule has 12 nitrogen and oxygen atoms in total. The number of carboxylic acid groups (broad SMARTS) is 1. The number of aliphatic carboxylic acids is 1. The maximum atomic E-state index is 11.4. The summed E-state index contributed by atoms with van der Waals surface area (Å²) in [6.45, 7) is 8.39. The van der Waals surface area contributed by atoms with Gasteiger partial charge in [0.15, 0.2) is 11.6 Å². The molecule has 0 bridgehead atoms. The van der Waals surface area contributed by atoms with Crippen molar-refractivity contribution in [3.8, 4) is 11.1 Å². The first-order valence-corrected chi connectivity index (χ1v) is 17.7. The number of aliphatic hydroxyl groups excluding tert-OH is 1. The van der Waals surface area contributed by atoms with E-state index in [1.807, 2.05) is 36.7 Å². The van der Waals surface area contributed by atoms with Crippen LogP contribution < -0.4 is 10.6 Å². The molecule has 0 spiro atoms. The number of nitrogens with zero attached hydrogens (tertiary/aromatic N) is 7. The van der Waals surface area contributed by atoms with Crippen molar-refractivity contribution in [3.05, 3.63) is 102 Å². The van der Waals surface area contributed by atoms with Gasteiger partial charge in [-0.25, -0.2) is 19.9 Å². The Kier molecular flexibility index (Phi) is 9.18. The highest BCUT2D eigenvalue weighted by Crippen LogP contribution is 2.36. The van der Waals surface area contributed by atoms with Crippen molar-refractivity contribution in [2.45, 2.75) is 45.9 Å². The Bertz CT molecular complexity index is 2300. The predicted molar refractivity (Wildman–Crippen MR) is 202 cm³/mol. The lowest BCUT2D eigenvalue weighted by Gasteiger charge is -2.18. The van der Waals surface area contributed by atoms with E-state index in [1.165, 1.54) is 0 Å². The second kappa shape index (κ2) is 14.2. The van der Waals surface area contributed by atoms with Gasteiger partial charge in [0, 0.05) is 68.1 Å². The molecule has 2 aliphatic rings. The van der Waals surface area contributed by atoms with Crippen molar-refractivity contribution < 1.29 is 15.0 Å². The molecule has 0 aliphatic carbocycles. The predicted octanol–water partition coefficient (Wildman–Crippen LogP) is 6.21. The highest BCUT2D eigenvalue weighted by atomic mass is 16.4. The van der Waals surface area contributed by atoms with Crippen LogP contribution in [0.2, 0.25) is 0 Å². The lowest BCUT2D eigenvalue weighted by molar-refractivity contribution is -0.141. The summed E-state index contributed by atoms with van der Waals surface area (Å²) in [6.07, 6.45) is 8.43. The molecule has 2 aromatic carbocycles. The zero-order chi connectivity index (χ0) is 35.8. The topological polar surface area (TPSA) is 153 Å². The van der Waals surface area contributed by atoms with Gasteiger partial charge >= 0.3 is 5.97 Å². The van der Waals surface area contributed by atoms with Crippen LogP contribution >= 0.6 is 0 Å². The minimum absolute atomic E-state index is 0.246. The molecule has 2 aliphatic heterocycles. The normalized spacial score (nSPS) is 18.0. The van der Waals surface area contributed by atoms with Gasteiger partial charge in [0.2, 0.25) is 0 Å². The standard InChI is InChI=1S/C40H41N9O3/c1-24-31(5-3-7-33(24)46-38-36-27(9-13-41-38)17-26(18-43-36)20-48-16-12-30(50)23-48)32-6-4-8-34(25(32)2)47-39-37-35(10-14-42-39)45-29(19-44-37)22-49-15-11-28(21-49)40(51)52/h3-10,13-14,17-19,28,30,50H,11-12,15-16,20-23H2,1-2H3,(H,41,46)(H,42,47)(H,51,52)/t28-,30-/m1/s1. The van der Waals surface area contributed by atoms with Gasteiger partial charge in [-0.15, -0.1) is 0 Å². The van der Waals surface area contributed by atoms with E-state index in [2.05, 4.69) is 74.6 Å². The second-order valence-electron chi connectivity index (χ2n) is 13.9. The average Bonchev–Trinajstić information content (AvgIpc) is 3.79. The van der Waals surface area contributed by atoms with E-state index in [9.17, 15) is 15.0 Å². The first kappa shape index (κ1) is 33.6. The summed E-state index contributed by atoms with van der Waals surface area (Å²) >= 11 is 0. The van der Waals surface area contributed by atoms with Crippen LogP contribution in [0.5, 0.6) is 0 Å². The molecule has 0 radical (unpaired) electrons. The number of carbonyl (C=O) groups is 1. The summed E-state index contributed by atoms with van der Waals surface area (Å²) in [7, 11) is 0. The minimum atomic E-state index is -0.741. The molecule has 6 heterocycles. The molecule has 12 heteroatoms. The Morgan fingerprint density at radius 2 is 1.44 bits per heavy atom. The molecule has 4 N–H and O–H groups in total. The van der Waals surface area contributed by atoms with Gasteiger partial charge < -0.3 is 20.8 Å². The zero-order valence-electron chi connectivity index (χ0n) is 29.3. The summed E-state index contributed by atoms with van der Waals surface area (Å²) in [5.41, 5.74) is 10.3. The van der Waals surface area contributed by atoms with Crippen molar-refractivity contribution in [3.63, 3.8) is 0 Å². The van der Waals surface area contributed by atoms with Crippen LogP contribution in [-0.2, 0) is 17.9 Å². The van der Waals surface area contributed by atoms with E-state index in [1.54, 1.807) is 12.4 Å². The van der Waals surface area contributed by atoms with Crippen LogP contribution in [0, 0.1) is 19.8 Å². The molecular weight excluding hydrogens is 655 g/mol. The average molecular weight is 696 g/mol. The van der Waals surface area contributed by atoms with Gasteiger partial charge in [-0.1, -0.05) is 24.3 Å². The van der Waals surface area contributed by atoms with Gasteiger partial charge in [-0.2, -0.15) is 0 Å². The number of nitrogens with one attached hydrogen (secondary N) is 2. The van der Waals surface area contributed by atoms with Crippen LogP contribution in [0.3, 0.4) is 0 Å². The smallest absolute Gasteiger partial charge is 0.307 e. The fraction of sp³-hybridized carbons (Fsp3) is 0.300. The number of likely N-dealkylation sites (tertiary alicyclic amines) is 2. The minimum Gasteiger partial charge on any atom is -0.481 e. The highest BCUT2D eigenvalue weighted by molar-refractivity contribution is 5.92. The van der Waals surface area contributed by atoms with Gasteiger partial charge in [0.05, 0.1) is 29.4 Å². The van der Waals surface area contributed by atoms with Crippen molar-refractivity contribution >= 4 is 50.9 Å². The summed E-state index contributed by atoms with van der Waals surface area (Å²) in [4.78, 5) is 39.5. The summed E-state index contributed by atoms with van der Waals surface area (Å²) in [5, 5.41) is 27.4. The van der Waals surface area contributed by atoms with Crippen molar-refractivity contribution in [1.29, 1.82) is 0 Å². The fourth-order valence-corrected chi connectivity index (χ4v) is 7.44. The lowest BCUT2D eigenvalue weighted by atomic mass is 9.94. The Balaban J connectivity index is 1.02. The van der Waals surface area contributed by atoms with Gasteiger partial charge in [0.1, 0.15) is 11.0 Å². The summed E-state index contributed by atoms with van der Waals surface area (Å²) in [5.74, 6) is 0.245. The van der Waals surface area contributed by atoms with Crippen LogP contribution in [0.25, 0.3) is 33.1 Å². The first-order valence-electron chi connectivity index (χ1n) is 17.7. The largest absolute Gasteiger partial charge is 0.481 e. The summed E-state index contributed by atoms with van der Waals surface area (Å²) in [6, 6.07) is 18.4. The number of hydrogen-bond acceptors (Lipinski definition) is 11. The van der Waals surface area contributed by atoms with E-state index in [0.29, 0.717) is 43.2 Å². The molecule has 2 saturated heterocycles. The number of benzene rings is 2. The molecular formula is C40H41N9O3. The van der Waals surface area contributed by atoms with E-state index in [0.717, 1.165) is 87.4 Å². The Labute approximate surface area is 301 Å². The van der Waals surface area contributed by atoms with Crippen LogP contribution in [-0.4, -0.2) is 83.2 Å². The molecule has 0 saturated carbocycles. The number of β-amino-alcohol motifs (C(OH)–C–C–N with tert-alkyl or cyclic N) is 1. The number of anilines is 4. The fourth-order valence-electron chi connectivity index (χ4n) is 7.44. The van der Waals surface area contributed by atoms with Crippen molar-refractivity contribution in [1.82, 2.24) is 34.7 Å². The number of aliphatic hydroxyl groups is 1. The molecule has 8 rings (SSSR count). The van der Waals surface area contributed by atoms with Crippen LogP contribution in [0.4, 0.5) is 23.0 Å². The van der Waals surface area contributed by atoms with E-state index >= 15 is 0 Å². The van der Waals surface area contributed by atoms with E-state index < -0.39 is 5.97 Å². The molecule has 4 aromatic heterocycles. The quantitative estimate of drug-likeness (QED) is 0.129. The molecule has 0 unspecified atom stereocenters. The summed E-state index contributed by atoms with van der Waals surface area (Å²) < 4.78 is 0. The van der Waals surface area contributed by atoms with E-state index in [4.69, 9.17) is 15.0 Å². The van der Waals surface area contributed by atoms with Gasteiger partial charge in [-0.3, -0.25) is 19.6 Å². The lowest BCUT2D eigenvalue weighted by Crippen LogP contribution is -2.23. The van der Waals surface area contributed by atoms with E-state index in [-0.39, 0.29) is 12.0 Å². The molecule has 2 fully saturated rings. The number of fused-ring (bicyclic) bond motifs is 2. The maximum Gasteiger partial charge on any atom is 0.307 e. The number of hydrogen-bond donors (Lipinski definition) is 4. The SMILES string of the molecule is Cc1c(Nc2nccc3cc(CN4CC[C@@H](O)C4)cnc23)cccc1-c1cccc(Nc2nccc3nc(CN4CC[C@@H](C(=O)O)C4)cnc23)c1C. The number of rotatable bonds is 10. The number of aromatic nitrogens is 5. The monoisotopic (exact) mass is 695 g/mol. The van der Waals surface area contributed by atoms with Crippen LogP contribution in [0.15, 0.2) is 79.4 Å². The number of pyridine rings is 3. The third kappa shape index (κ3) is 6.88.